The van der Waals surface area contributed by atoms with E-state index in [-0.39, 0.29) is 11.7 Å². The molecule has 2 N–H and O–H groups in total. The average Bonchev–Trinajstić information content (AvgIpc) is 2.72. The highest BCUT2D eigenvalue weighted by atomic mass is 16.4. The van der Waals surface area contributed by atoms with Gasteiger partial charge in [0, 0.05) is 0 Å². The number of carboxylic acids is 1. The van der Waals surface area contributed by atoms with E-state index in [0.29, 0.717) is 12.2 Å². The standard InChI is InChI=1S/C12H16O4/c1-8-4-2-3-7-12(8,15)10-6-5-9(16-10)11(13)14/h5-6,8,15H,2-4,7H2,1H3,(H,13,14). The van der Waals surface area contributed by atoms with Crippen LogP contribution >= 0.6 is 0 Å². The van der Waals surface area contributed by atoms with Crippen molar-refractivity contribution in [3.05, 3.63) is 23.7 Å². The van der Waals surface area contributed by atoms with Gasteiger partial charge in [-0.1, -0.05) is 19.8 Å². The summed E-state index contributed by atoms with van der Waals surface area (Å²) in [5.74, 6) is -0.717. The van der Waals surface area contributed by atoms with Gasteiger partial charge in [-0.2, -0.15) is 0 Å². The summed E-state index contributed by atoms with van der Waals surface area (Å²) in [5.41, 5.74) is -0.994. The molecule has 2 unspecified atom stereocenters. The molecule has 0 saturated heterocycles. The lowest BCUT2D eigenvalue weighted by Crippen LogP contribution is -2.35. The van der Waals surface area contributed by atoms with Crippen LogP contribution in [-0.4, -0.2) is 16.2 Å². The molecular formula is C12H16O4. The molecule has 0 spiro atoms. The second-order valence-corrected chi connectivity index (χ2v) is 4.54. The first-order valence-corrected chi connectivity index (χ1v) is 5.60. The first kappa shape index (κ1) is 11.2. The molecule has 1 heterocycles. The zero-order valence-electron chi connectivity index (χ0n) is 9.27. The first-order valence-electron chi connectivity index (χ1n) is 5.60. The minimum atomic E-state index is -1.10. The lowest BCUT2D eigenvalue weighted by molar-refractivity contribution is -0.0641. The molecule has 0 bridgehead atoms. The molecule has 0 aromatic carbocycles. The molecule has 1 fully saturated rings. The number of aromatic carboxylic acids is 1. The monoisotopic (exact) mass is 224 g/mol. The molecular weight excluding hydrogens is 208 g/mol. The number of hydrogen-bond donors (Lipinski definition) is 2. The van der Waals surface area contributed by atoms with E-state index in [2.05, 4.69) is 0 Å². The SMILES string of the molecule is CC1CCCCC1(O)c1ccc(C(=O)O)o1. The zero-order valence-corrected chi connectivity index (χ0v) is 9.27. The van der Waals surface area contributed by atoms with Gasteiger partial charge in [-0.15, -0.1) is 0 Å². The van der Waals surface area contributed by atoms with Crippen molar-refractivity contribution < 1.29 is 19.4 Å². The highest BCUT2D eigenvalue weighted by Gasteiger charge is 2.40. The third-order valence-electron chi connectivity index (χ3n) is 3.50. The maximum absolute atomic E-state index is 10.7. The van der Waals surface area contributed by atoms with Crippen LogP contribution in [0.1, 0.15) is 48.9 Å². The van der Waals surface area contributed by atoms with Crippen molar-refractivity contribution in [3.8, 4) is 0 Å². The summed E-state index contributed by atoms with van der Waals surface area (Å²) < 4.78 is 5.21. The van der Waals surface area contributed by atoms with E-state index in [4.69, 9.17) is 9.52 Å². The van der Waals surface area contributed by atoms with Crippen LogP contribution < -0.4 is 0 Å². The smallest absolute Gasteiger partial charge is 0.371 e. The van der Waals surface area contributed by atoms with Crippen LogP contribution in [0.5, 0.6) is 0 Å². The maximum atomic E-state index is 10.7. The Bertz CT molecular complexity index is 395. The van der Waals surface area contributed by atoms with Crippen molar-refractivity contribution in [2.75, 3.05) is 0 Å². The molecule has 2 atom stereocenters. The van der Waals surface area contributed by atoms with E-state index in [0.717, 1.165) is 19.3 Å². The van der Waals surface area contributed by atoms with Crippen LogP contribution in [0.4, 0.5) is 0 Å². The van der Waals surface area contributed by atoms with Crippen molar-refractivity contribution in [1.82, 2.24) is 0 Å². The minimum Gasteiger partial charge on any atom is -0.475 e. The number of carbonyl (C=O) groups is 1. The maximum Gasteiger partial charge on any atom is 0.371 e. The number of hydrogen-bond acceptors (Lipinski definition) is 3. The fourth-order valence-corrected chi connectivity index (χ4v) is 2.38. The predicted molar refractivity (Wildman–Crippen MR) is 57.2 cm³/mol. The largest absolute Gasteiger partial charge is 0.475 e. The molecule has 88 valence electrons. The average molecular weight is 224 g/mol. The lowest BCUT2D eigenvalue weighted by Gasteiger charge is -2.36. The number of carboxylic acid groups (broad SMARTS) is 1. The van der Waals surface area contributed by atoms with E-state index >= 15 is 0 Å². The highest BCUT2D eigenvalue weighted by Crippen LogP contribution is 2.41. The van der Waals surface area contributed by atoms with E-state index in [9.17, 15) is 9.90 Å². The van der Waals surface area contributed by atoms with Gasteiger partial charge in [0.25, 0.3) is 0 Å². The van der Waals surface area contributed by atoms with Crippen molar-refractivity contribution in [2.24, 2.45) is 5.92 Å². The van der Waals surface area contributed by atoms with Crippen molar-refractivity contribution >= 4 is 5.97 Å². The van der Waals surface area contributed by atoms with Gasteiger partial charge in [-0.25, -0.2) is 4.79 Å². The molecule has 1 saturated carbocycles. The van der Waals surface area contributed by atoms with E-state index in [1.54, 1.807) is 6.07 Å². The Kier molecular flexibility index (Phi) is 2.76. The molecule has 2 rings (SSSR count). The molecule has 4 nitrogen and oxygen atoms in total. The van der Waals surface area contributed by atoms with Crippen LogP contribution in [0.15, 0.2) is 16.5 Å². The molecule has 4 heteroatoms. The van der Waals surface area contributed by atoms with Gasteiger partial charge in [0.2, 0.25) is 5.76 Å². The van der Waals surface area contributed by atoms with Gasteiger partial charge < -0.3 is 14.6 Å². The van der Waals surface area contributed by atoms with Gasteiger partial charge in [0.1, 0.15) is 11.4 Å². The van der Waals surface area contributed by atoms with Gasteiger partial charge in [-0.05, 0) is 30.9 Å². The topological polar surface area (TPSA) is 70.7 Å². The van der Waals surface area contributed by atoms with E-state index in [1.807, 2.05) is 6.92 Å². The Balaban J connectivity index is 2.30. The molecule has 1 aromatic rings. The third-order valence-corrected chi connectivity index (χ3v) is 3.50. The number of furan rings is 1. The summed E-state index contributed by atoms with van der Waals surface area (Å²) in [6.07, 6.45) is 3.64. The molecule has 1 aliphatic rings. The first-order chi connectivity index (χ1) is 7.54. The van der Waals surface area contributed by atoms with Gasteiger partial charge in [-0.3, -0.25) is 0 Å². The van der Waals surface area contributed by atoms with Crippen LogP contribution in [0, 0.1) is 5.92 Å². The number of rotatable bonds is 2. The minimum absolute atomic E-state index is 0.106. The molecule has 16 heavy (non-hydrogen) atoms. The molecule has 0 amide bonds. The predicted octanol–water partition coefficient (Wildman–Crippen LogP) is 2.38. The van der Waals surface area contributed by atoms with Crippen molar-refractivity contribution in [1.29, 1.82) is 0 Å². The van der Waals surface area contributed by atoms with E-state index in [1.165, 1.54) is 6.07 Å². The second-order valence-electron chi connectivity index (χ2n) is 4.54. The van der Waals surface area contributed by atoms with Gasteiger partial charge >= 0.3 is 5.97 Å². The zero-order chi connectivity index (χ0) is 11.8. The Morgan fingerprint density at radius 2 is 2.25 bits per heavy atom. The highest BCUT2D eigenvalue weighted by molar-refractivity contribution is 5.84. The summed E-state index contributed by atoms with van der Waals surface area (Å²) in [6.45, 7) is 1.97. The van der Waals surface area contributed by atoms with Gasteiger partial charge in [0.05, 0.1) is 0 Å². The quantitative estimate of drug-likeness (QED) is 0.809. The van der Waals surface area contributed by atoms with Gasteiger partial charge in [0.15, 0.2) is 0 Å². The van der Waals surface area contributed by atoms with Crippen LogP contribution in [0.25, 0.3) is 0 Å². The molecule has 1 aromatic heterocycles. The summed E-state index contributed by atoms with van der Waals surface area (Å²) in [6, 6.07) is 2.97. The third kappa shape index (κ3) is 1.73. The Labute approximate surface area is 93.9 Å². The molecule has 0 radical (unpaired) electrons. The fraction of sp³-hybridized carbons (Fsp3) is 0.583. The second kappa shape index (κ2) is 3.94. The van der Waals surface area contributed by atoms with Crippen LogP contribution in [0.3, 0.4) is 0 Å². The normalized spacial score (nSPS) is 30.2. The molecule has 1 aliphatic carbocycles. The summed E-state index contributed by atoms with van der Waals surface area (Å²) >= 11 is 0. The van der Waals surface area contributed by atoms with Crippen molar-refractivity contribution in [2.45, 2.75) is 38.2 Å². The lowest BCUT2D eigenvalue weighted by atomic mass is 9.75. The Hall–Kier alpha value is -1.29. The van der Waals surface area contributed by atoms with Crippen molar-refractivity contribution in [3.63, 3.8) is 0 Å². The van der Waals surface area contributed by atoms with E-state index < -0.39 is 11.6 Å². The van der Waals surface area contributed by atoms with Crippen LogP contribution in [0.2, 0.25) is 0 Å². The summed E-state index contributed by atoms with van der Waals surface area (Å²) in [4.78, 5) is 10.7. The summed E-state index contributed by atoms with van der Waals surface area (Å²) in [5, 5.41) is 19.3. The Morgan fingerprint density at radius 1 is 1.50 bits per heavy atom. The fourth-order valence-electron chi connectivity index (χ4n) is 2.38. The Morgan fingerprint density at radius 3 is 2.81 bits per heavy atom. The summed E-state index contributed by atoms with van der Waals surface area (Å²) in [7, 11) is 0. The number of aliphatic hydroxyl groups is 1. The molecule has 0 aliphatic heterocycles. The van der Waals surface area contributed by atoms with Crippen LogP contribution in [-0.2, 0) is 5.60 Å².